The number of hydrogen-bond acceptors (Lipinski definition) is 3. The summed E-state index contributed by atoms with van der Waals surface area (Å²) < 4.78 is 0. The number of carboxylic acid groups (broad SMARTS) is 2. The molecule has 0 saturated heterocycles. The van der Waals surface area contributed by atoms with Crippen LogP contribution in [0.4, 0.5) is 0 Å². The van der Waals surface area contributed by atoms with Gasteiger partial charge in [-0.05, 0) is 17.9 Å². The average molecular weight is 214 g/mol. The highest BCUT2D eigenvalue weighted by Crippen LogP contribution is 2.17. The van der Waals surface area contributed by atoms with Crippen LogP contribution >= 0.6 is 11.3 Å². The average Bonchev–Trinajstić information content (AvgIpc) is 2.54. The summed E-state index contributed by atoms with van der Waals surface area (Å²) >= 11 is 1.44. The molecule has 0 aliphatic carbocycles. The van der Waals surface area contributed by atoms with Gasteiger partial charge in [-0.25, -0.2) is 0 Å². The quantitative estimate of drug-likeness (QED) is 0.778. The topological polar surface area (TPSA) is 74.6 Å². The monoisotopic (exact) mass is 214 g/mol. The Morgan fingerprint density at radius 1 is 1.43 bits per heavy atom. The normalized spacial score (nSPS) is 12.3. The number of carboxylic acids is 2. The highest BCUT2D eigenvalue weighted by Gasteiger charge is 2.21. The van der Waals surface area contributed by atoms with Gasteiger partial charge in [-0.1, -0.05) is 6.07 Å². The fourth-order valence-corrected chi connectivity index (χ4v) is 1.92. The molecule has 0 saturated carbocycles. The second-order valence-corrected chi connectivity index (χ2v) is 3.95. The van der Waals surface area contributed by atoms with Crippen molar-refractivity contribution in [1.82, 2.24) is 0 Å². The summed E-state index contributed by atoms with van der Waals surface area (Å²) in [7, 11) is 0. The largest absolute Gasteiger partial charge is 0.481 e. The minimum atomic E-state index is -1.08. The van der Waals surface area contributed by atoms with E-state index in [1.165, 1.54) is 11.3 Å². The van der Waals surface area contributed by atoms with E-state index < -0.39 is 17.9 Å². The molecule has 0 spiro atoms. The van der Waals surface area contributed by atoms with E-state index in [0.717, 1.165) is 4.88 Å². The van der Waals surface area contributed by atoms with Crippen molar-refractivity contribution in [3.8, 4) is 0 Å². The van der Waals surface area contributed by atoms with Gasteiger partial charge in [0.05, 0.1) is 12.3 Å². The maximum absolute atomic E-state index is 10.7. The van der Waals surface area contributed by atoms with Gasteiger partial charge < -0.3 is 10.2 Å². The van der Waals surface area contributed by atoms with Crippen molar-refractivity contribution in [2.75, 3.05) is 0 Å². The highest BCUT2D eigenvalue weighted by molar-refractivity contribution is 7.09. The molecule has 5 heteroatoms. The Morgan fingerprint density at radius 3 is 2.57 bits per heavy atom. The molecule has 76 valence electrons. The van der Waals surface area contributed by atoms with E-state index in [2.05, 4.69) is 0 Å². The van der Waals surface area contributed by atoms with E-state index in [0.29, 0.717) is 6.42 Å². The SMILES string of the molecule is O=C(O)C[C@@H](Cc1cccs1)C(=O)O. The standard InChI is InChI=1S/C9H10O4S/c10-8(11)5-6(9(12)13)4-7-2-1-3-14-7/h1-3,6H,4-5H2,(H,10,11)(H,12,13)/t6-/m1/s1. The van der Waals surface area contributed by atoms with Crippen LogP contribution in [0.1, 0.15) is 11.3 Å². The third-order valence-electron chi connectivity index (χ3n) is 1.80. The molecule has 0 unspecified atom stereocenters. The van der Waals surface area contributed by atoms with Gasteiger partial charge in [-0.2, -0.15) is 0 Å². The summed E-state index contributed by atoms with van der Waals surface area (Å²) in [6.45, 7) is 0. The lowest BCUT2D eigenvalue weighted by Crippen LogP contribution is -2.19. The van der Waals surface area contributed by atoms with Crippen LogP contribution in [-0.4, -0.2) is 22.2 Å². The molecule has 0 amide bonds. The van der Waals surface area contributed by atoms with Crippen LogP contribution in [-0.2, 0) is 16.0 Å². The Hall–Kier alpha value is -1.36. The van der Waals surface area contributed by atoms with Gasteiger partial charge >= 0.3 is 11.9 Å². The minimum Gasteiger partial charge on any atom is -0.481 e. The molecule has 0 aromatic carbocycles. The molecule has 0 radical (unpaired) electrons. The van der Waals surface area contributed by atoms with E-state index >= 15 is 0 Å². The van der Waals surface area contributed by atoms with Crippen LogP contribution in [0.25, 0.3) is 0 Å². The fourth-order valence-electron chi connectivity index (χ4n) is 1.13. The lowest BCUT2D eigenvalue weighted by molar-refractivity contribution is -0.148. The molecular weight excluding hydrogens is 204 g/mol. The summed E-state index contributed by atoms with van der Waals surface area (Å²) in [6.07, 6.45) is -0.0352. The van der Waals surface area contributed by atoms with E-state index in [1.54, 1.807) is 0 Å². The second kappa shape index (κ2) is 4.76. The van der Waals surface area contributed by atoms with Crippen molar-refractivity contribution in [2.24, 2.45) is 5.92 Å². The van der Waals surface area contributed by atoms with Gasteiger partial charge in [-0.3, -0.25) is 9.59 Å². The number of rotatable bonds is 5. The predicted molar refractivity (Wildman–Crippen MR) is 51.4 cm³/mol. The Morgan fingerprint density at radius 2 is 2.14 bits per heavy atom. The second-order valence-electron chi connectivity index (χ2n) is 2.92. The van der Waals surface area contributed by atoms with Crippen molar-refractivity contribution < 1.29 is 19.8 Å². The molecule has 0 aliphatic rings. The third kappa shape index (κ3) is 3.18. The zero-order valence-electron chi connectivity index (χ0n) is 7.34. The number of carbonyl (C=O) groups is 2. The lowest BCUT2D eigenvalue weighted by Gasteiger charge is -2.07. The van der Waals surface area contributed by atoms with Crippen LogP contribution in [0.2, 0.25) is 0 Å². The van der Waals surface area contributed by atoms with Crippen molar-refractivity contribution in [3.05, 3.63) is 22.4 Å². The number of aliphatic carboxylic acids is 2. The van der Waals surface area contributed by atoms with E-state index in [1.807, 2.05) is 17.5 Å². The zero-order chi connectivity index (χ0) is 10.6. The van der Waals surface area contributed by atoms with Crippen molar-refractivity contribution >= 4 is 23.3 Å². The molecule has 4 nitrogen and oxygen atoms in total. The van der Waals surface area contributed by atoms with Crippen LogP contribution in [0.3, 0.4) is 0 Å². The van der Waals surface area contributed by atoms with Gasteiger partial charge in [0.15, 0.2) is 0 Å². The molecule has 0 aliphatic heterocycles. The van der Waals surface area contributed by atoms with Crippen LogP contribution < -0.4 is 0 Å². The fraction of sp³-hybridized carbons (Fsp3) is 0.333. The predicted octanol–water partition coefficient (Wildman–Crippen LogP) is 1.47. The Kier molecular flexibility index (Phi) is 3.64. The maximum Gasteiger partial charge on any atom is 0.307 e. The molecule has 1 atom stereocenters. The van der Waals surface area contributed by atoms with E-state index in [4.69, 9.17) is 10.2 Å². The number of thiophene rings is 1. The van der Waals surface area contributed by atoms with Gasteiger partial charge in [0.2, 0.25) is 0 Å². The van der Waals surface area contributed by atoms with Gasteiger partial charge in [-0.15, -0.1) is 11.3 Å². The smallest absolute Gasteiger partial charge is 0.307 e. The molecule has 1 aromatic rings. The van der Waals surface area contributed by atoms with Crippen molar-refractivity contribution in [3.63, 3.8) is 0 Å². The van der Waals surface area contributed by atoms with Crippen LogP contribution in [0, 0.1) is 5.92 Å². The Labute approximate surface area is 84.8 Å². The Bertz CT molecular complexity index is 318. The third-order valence-corrected chi connectivity index (χ3v) is 2.70. The molecule has 2 N–H and O–H groups in total. The minimum absolute atomic E-state index is 0.291. The maximum atomic E-state index is 10.7. The Balaban J connectivity index is 2.60. The highest BCUT2D eigenvalue weighted by atomic mass is 32.1. The van der Waals surface area contributed by atoms with E-state index in [9.17, 15) is 9.59 Å². The van der Waals surface area contributed by atoms with Gasteiger partial charge in [0, 0.05) is 4.88 Å². The first-order chi connectivity index (χ1) is 6.59. The number of hydrogen-bond donors (Lipinski definition) is 2. The first-order valence-corrected chi connectivity index (χ1v) is 4.94. The molecule has 1 heterocycles. The van der Waals surface area contributed by atoms with Crippen molar-refractivity contribution in [2.45, 2.75) is 12.8 Å². The molecule has 0 bridgehead atoms. The van der Waals surface area contributed by atoms with E-state index in [-0.39, 0.29) is 6.42 Å². The van der Waals surface area contributed by atoms with Gasteiger partial charge in [0.1, 0.15) is 0 Å². The van der Waals surface area contributed by atoms with Crippen molar-refractivity contribution in [1.29, 1.82) is 0 Å². The molecule has 0 fully saturated rings. The summed E-state index contributed by atoms with van der Waals surface area (Å²) in [5, 5.41) is 19.1. The zero-order valence-corrected chi connectivity index (χ0v) is 8.16. The summed E-state index contributed by atoms with van der Waals surface area (Å²) in [5.41, 5.74) is 0. The van der Waals surface area contributed by atoms with Crippen LogP contribution in [0.15, 0.2) is 17.5 Å². The first-order valence-electron chi connectivity index (χ1n) is 4.06. The molecule has 1 rings (SSSR count). The molecule has 1 aromatic heterocycles. The summed E-state index contributed by atoms with van der Waals surface area (Å²) in [5.74, 6) is -2.96. The van der Waals surface area contributed by atoms with Gasteiger partial charge in [0.25, 0.3) is 0 Å². The lowest BCUT2D eigenvalue weighted by atomic mass is 10.0. The molecule has 14 heavy (non-hydrogen) atoms. The summed E-state index contributed by atoms with van der Waals surface area (Å²) in [6, 6.07) is 3.63. The summed E-state index contributed by atoms with van der Waals surface area (Å²) in [4.78, 5) is 22.0. The first kappa shape index (κ1) is 10.7. The van der Waals surface area contributed by atoms with Crippen LogP contribution in [0.5, 0.6) is 0 Å². The molecular formula is C9H10O4S.